The van der Waals surface area contributed by atoms with E-state index in [1.54, 1.807) is 7.11 Å². The fraction of sp³-hybridized carbons (Fsp3) is 0.478. The molecule has 0 radical (unpaired) electrons. The molecule has 2 aromatic rings. The molecule has 0 unspecified atom stereocenters. The van der Waals surface area contributed by atoms with E-state index in [2.05, 4.69) is 73.0 Å². The first kappa shape index (κ1) is 18.8. The number of hydrogen-bond acceptors (Lipinski definition) is 3. The van der Waals surface area contributed by atoms with Crippen LogP contribution < -0.4 is 9.64 Å². The second-order valence-electron chi connectivity index (χ2n) is 7.55. The van der Waals surface area contributed by atoms with Gasteiger partial charge in [-0.3, -0.25) is 4.90 Å². The molecule has 0 spiro atoms. The van der Waals surface area contributed by atoms with Gasteiger partial charge in [0.25, 0.3) is 0 Å². The van der Waals surface area contributed by atoms with Crippen LogP contribution in [-0.2, 0) is 6.42 Å². The molecule has 26 heavy (non-hydrogen) atoms. The number of rotatable bonds is 6. The molecule has 0 bridgehead atoms. The summed E-state index contributed by atoms with van der Waals surface area (Å²) in [5.41, 5.74) is 5.54. The molecule has 0 saturated carbocycles. The lowest BCUT2D eigenvalue weighted by Crippen LogP contribution is -2.49. The van der Waals surface area contributed by atoms with Gasteiger partial charge in [-0.1, -0.05) is 24.3 Å². The van der Waals surface area contributed by atoms with Crippen molar-refractivity contribution < 1.29 is 4.74 Å². The summed E-state index contributed by atoms with van der Waals surface area (Å²) >= 11 is 0. The summed E-state index contributed by atoms with van der Waals surface area (Å²) in [4.78, 5) is 5.19. The average Bonchev–Trinajstić information content (AvgIpc) is 2.68. The highest BCUT2D eigenvalue weighted by Crippen LogP contribution is 2.24. The van der Waals surface area contributed by atoms with Crippen molar-refractivity contribution in [1.82, 2.24) is 4.90 Å². The van der Waals surface area contributed by atoms with Crippen LogP contribution >= 0.6 is 0 Å². The van der Waals surface area contributed by atoms with Gasteiger partial charge in [-0.25, -0.2) is 0 Å². The minimum absolute atomic E-state index is 0.623. The van der Waals surface area contributed by atoms with Gasteiger partial charge in [0.05, 0.1) is 7.11 Å². The molecule has 3 heteroatoms. The fourth-order valence-electron chi connectivity index (χ4n) is 3.81. The molecule has 1 aliphatic rings. The molecular formula is C23H32N2O. The minimum atomic E-state index is 0.623. The van der Waals surface area contributed by atoms with E-state index in [4.69, 9.17) is 4.74 Å². The normalized spacial score (nSPS) is 16.5. The van der Waals surface area contributed by atoms with Gasteiger partial charge < -0.3 is 9.64 Å². The molecule has 0 aromatic heterocycles. The highest BCUT2D eigenvalue weighted by Gasteiger charge is 2.22. The fourth-order valence-corrected chi connectivity index (χ4v) is 3.81. The van der Waals surface area contributed by atoms with Crippen LogP contribution in [0.4, 0.5) is 5.69 Å². The molecule has 0 N–H and O–H groups in total. The van der Waals surface area contributed by atoms with E-state index < -0.39 is 0 Å². The zero-order valence-corrected chi connectivity index (χ0v) is 16.7. The van der Waals surface area contributed by atoms with Gasteiger partial charge >= 0.3 is 0 Å². The number of methoxy groups -OCH3 is 1. The number of anilines is 1. The highest BCUT2D eigenvalue weighted by molar-refractivity contribution is 5.55. The van der Waals surface area contributed by atoms with E-state index in [9.17, 15) is 0 Å². The molecule has 1 atom stereocenters. The maximum absolute atomic E-state index is 5.24. The Kier molecular flexibility index (Phi) is 6.20. The number of ether oxygens (including phenoxy) is 1. The number of hydrogen-bond donors (Lipinski definition) is 0. The quantitative estimate of drug-likeness (QED) is 0.764. The third-order valence-electron chi connectivity index (χ3n) is 5.65. The van der Waals surface area contributed by atoms with Crippen molar-refractivity contribution in [2.75, 3.05) is 38.2 Å². The Bertz CT molecular complexity index is 703. The van der Waals surface area contributed by atoms with Gasteiger partial charge in [-0.15, -0.1) is 0 Å². The summed E-state index contributed by atoms with van der Waals surface area (Å²) in [5.74, 6) is 0.935. The Morgan fingerprint density at radius 3 is 2.31 bits per heavy atom. The Morgan fingerprint density at radius 2 is 1.65 bits per heavy atom. The lowest BCUT2D eigenvalue weighted by Gasteiger charge is -2.39. The summed E-state index contributed by atoms with van der Waals surface area (Å²) in [7, 11) is 1.72. The zero-order chi connectivity index (χ0) is 18.5. The van der Waals surface area contributed by atoms with Crippen LogP contribution in [0.3, 0.4) is 0 Å². The van der Waals surface area contributed by atoms with Crippen molar-refractivity contribution in [2.45, 2.75) is 39.7 Å². The molecule has 1 aliphatic heterocycles. The molecule has 0 aliphatic carbocycles. The summed E-state index contributed by atoms with van der Waals surface area (Å²) in [5, 5.41) is 0. The van der Waals surface area contributed by atoms with Crippen molar-refractivity contribution in [3.63, 3.8) is 0 Å². The van der Waals surface area contributed by atoms with Crippen molar-refractivity contribution in [1.29, 1.82) is 0 Å². The molecule has 0 amide bonds. The van der Waals surface area contributed by atoms with Crippen LogP contribution in [0.2, 0.25) is 0 Å². The maximum Gasteiger partial charge on any atom is 0.118 e. The average molecular weight is 353 g/mol. The van der Waals surface area contributed by atoms with Crippen molar-refractivity contribution in [3.05, 3.63) is 59.2 Å². The van der Waals surface area contributed by atoms with E-state index in [0.717, 1.165) is 38.3 Å². The first-order valence-electron chi connectivity index (χ1n) is 9.76. The van der Waals surface area contributed by atoms with Gasteiger partial charge in [0.2, 0.25) is 0 Å². The van der Waals surface area contributed by atoms with Crippen LogP contribution in [0.1, 0.15) is 30.0 Å². The van der Waals surface area contributed by atoms with Crippen LogP contribution in [0, 0.1) is 13.8 Å². The smallest absolute Gasteiger partial charge is 0.118 e. The van der Waals surface area contributed by atoms with Crippen LogP contribution in [0.25, 0.3) is 0 Å². The highest BCUT2D eigenvalue weighted by atomic mass is 16.5. The third-order valence-corrected chi connectivity index (χ3v) is 5.65. The number of nitrogens with zero attached hydrogens (tertiary/aromatic N) is 2. The molecule has 3 nitrogen and oxygen atoms in total. The zero-order valence-electron chi connectivity index (χ0n) is 16.7. The predicted molar refractivity (Wildman–Crippen MR) is 110 cm³/mol. The molecular weight excluding hydrogens is 320 g/mol. The Labute approximate surface area is 158 Å². The van der Waals surface area contributed by atoms with Crippen molar-refractivity contribution in [3.8, 4) is 5.75 Å². The van der Waals surface area contributed by atoms with E-state index in [1.165, 1.54) is 28.8 Å². The molecule has 2 aromatic carbocycles. The predicted octanol–water partition coefficient (Wildman–Crippen LogP) is 4.46. The van der Waals surface area contributed by atoms with Gasteiger partial charge in [-0.2, -0.15) is 0 Å². The first-order valence-corrected chi connectivity index (χ1v) is 9.76. The standard InChI is InChI=1S/C23H32N2O/c1-18-5-6-19(2)23(17-18)25-15-13-24(14-16-25)20(3)7-8-21-9-11-22(26-4)12-10-21/h5-6,9-12,17,20H,7-8,13-16H2,1-4H3/t20-/m0/s1. The number of benzene rings is 2. The largest absolute Gasteiger partial charge is 0.497 e. The lowest BCUT2D eigenvalue weighted by atomic mass is 10.0. The molecule has 3 rings (SSSR count). The number of piperazine rings is 1. The molecule has 1 saturated heterocycles. The van der Waals surface area contributed by atoms with Crippen LogP contribution in [-0.4, -0.2) is 44.2 Å². The van der Waals surface area contributed by atoms with Crippen molar-refractivity contribution in [2.24, 2.45) is 0 Å². The van der Waals surface area contributed by atoms with Crippen LogP contribution in [0.5, 0.6) is 5.75 Å². The lowest BCUT2D eigenvalue weighted by molar-refractivity contribution is 0.188. The summed E-state index contributed by atoms with van der Waals surface area (Å²) in [6.07, 6.45) is 2.33. The minimum Gasteiger partial charge on any atom is -0.497 e. The van der Waals surface area contributed by atoms with E-state index in [-0.39, 0.29) is 0 Å². The summed E-state index contributed by atoms with van der Waals surface area (Å²) in [6.45, 7) is 11.3. The van der Waals surface area contributed by atoms with Crippen molar-refractivity contribution >= 4 is 5.69 Å². The molecule has 140 valence electrons. The second kappa shape index (κ2) is 8.59. The SMILES string of the molecule is COc1ccc(CC[C@H](C)N2CCN(c3cc(C)ccc3C)CC2)cc1. The Morgan fingerprint density at radius 1 is 0.962 bits per heavy atom. The maximum atomic E-state index is 5.24. The van der Waals surface area contributed by atoms with Gasteiger partial charge in [-0.05, 0) is 68.5 Å². The van der Waals surface area contributed by atoms with Gasteiger partial charge in [0, 0.05) is 37.9 Å². The van der Waals surface area contributed by atoms with Gasteiger partial charge in [0.1, 0.15) is 5.75 Å². The van der Waals surface area contributed by atoms with E-state index >= 15 is 0 Å². The third kappa shape index (κ3) is 4.59. The summed E-state index contributed by atoms with van der Waals surface area (Å²) < 4.78 is 5.24. The Balaban J connectivity index is 1.50. The van der Waals surface area contributed by atoms with E-state index in [0.29, 0.717) is 6.04 Å². The van der Waals surface area contributed by atoms with Gasteiger partial charge in [0.15, 0.2) is 0 Å². The molecule has 1 fully saturated rings. The topological polar surface area (TPSA) is 15.7 Å². The van der Waals surface area contributed by atoms with Crippen LogP contribution in [0.15, 0.2) is 42.5 Å². The Hall–Kier alpha value is -2.00. The monoisotopic (exact) mass is 352 g/mol. The second-order valence-corrected chi connectivity index (χ2v) is 7.55. The number of aryl methyl sites for hydroxylation is 3. The first-order chi connectivity index (χ1) is 12.6. The molecule has 1 heterocycles. The summed E-state index contributed by atoms with van der Waals surface area (Å²) in [6, 6.07) is 15.9. The van der Waals surface area contributed by atoms with E-state index in [1.807, 2.05) is 0 Å².